The van der Waals surface area contributed by atoms with E-state index in [4.69, 9.17) is 14.6 Å². The van der Waals surface area contributed by atoms with Gasteiger partial charge in [-0.15, -0.1) is 0 Å². The Balaban J connectivity index is 2.37. The molecule has 1 aromatic carbocycles. The first-order valence-corrected chi connectivity index (χ1v) is 7.49. The molecule has 0 atom stereocenters. The lowest BCUT2D eigenvalue weighted by molar-refractivity contribution is -0.123. The van der Waals surface area contributed by atoms with Crippen molar-refractivity contribution in [3.8, 4) is 5.75 Å². The van der Waals surface area contributed by atoms with Gasteiger partial charge in [-0.25, -0.2) is 13.6 Å². The minimum atomic E-state index is -3.72. The zero-order valence-electron chi connectivity index (χ0n) is 11.2. The second-order valence-electron chi connectivity index (χ2n) is 4.00. The van der Waals surface area contributed by atoms with Crippen molar-refractivity contribution in [3.05, 3.63) is 24.3 Å². The quantitative estimate of drug-likeness (QED) is 0.650. The van der Waals surface area contributed by atoms with E-state index in [1.807, 2.05) is 0 Å². The predicted molar refractivity (Wildman–Crippen MR) is 72.8 cm³/mol. The molecule has 3 N–H and O–H groups in total. The Morgan fingerprint density at radius 3 is 2.50 bits per heavy atom. The fourth-order valence-electron chi connectivity index (χ4n) is 1.37. The van der Waals surface area contributed by atoms with Gasteiger partial charge in [-0.1, -0.05) is 0 Å². The largest absolute Gasteiger partial charge is 0.484 e. The van der Waals surface area contributed by atoms with Crippen molar-refractivity contribution in [2.45, 2.75) is 11.3 Å². The van der Waals surface area contributed by atoms with Gasteiger partial charge in [0.05, 0.1) is 4.90 Å². The Hall–Kier alpha value is -1.64. The smallest absolute Gasteiger partial charge is 0.257 e. The number of primary sulfonamides is 1. The predicted octanol–water partition coefficient (Wildman–Crippen LogP) is -0.134. The maximum absolute atomic E-state index is 11.4. The average Bonchev–Trinajstić information content (AvgIpc) is 2.41. The van der Waals surface area contributed by atoms with Crippen LogP contribution >= 0.6 is 0 Å². The Morgan fingerprint density at radius 2 is 1.95 bits per heavy atom. The highest BCUT2D eigenvalue weighted by atomic mass is 32.2. The molecule has 0 radical (unpaired) electrons. The van der Waals surface area contributed by atoms with E-state index in [-0.39, 0.29) is 17.4 Å². The summed E-state index contributed by atoms with van der Waals surface area (Å²) >= 11 is 0. The molecule has 8 heteroatoms. The summed E-state index contributed by atoms with van der Waals surface area (Å²) in [5.41, 5.74) is 0. The molecule has 112 valence electrons. The molecule has 0 unspecified atom stereocenters. The molecule has 0 aliphatic heterocycles. The number of hydrogen-bond acceptors (Lipinski definition) is 5. The molecule has 0 aliphatic rings. The normalized spacial score (nSPS) is 11.1. The number of hydrogen-bond donors (Lipinski definition) is 2. The van der Waals surface area contributed by atoms with Crippen LogP contribution in [-0.2, 0) is 19.6 Å². The first-order chi connectivity index (χ1) is 9.43. The molecule has 0 spiro atoms. The summed E-state index contributed by atoms with van der Waals surface area (Å²) in [6.45, 7) is 0.957. The second-order valence-corrected chi connectivity index (χ2v) is 5.56. The van der Waals surface area contributed by atoms with E-state index in [1.54, 1.807) is 7.11 Å². The Bertz CT molecular complexity index is 527. The molecule has 1 amide bonds. The van der Waals surface area contributed by atoms with Gasteiger partial charge in [0.1, 0.15) is 5.75 Å². The van der Waals surface area contributed by atoms with Gasteiger partial charge in [-0.05, 0) is 30.7 Å². The summed E-state index contributed by atoms with van der Waals surface area (Å²) in [6, 6.07) is 5.53. The maximum Gasteiger partial charge on any atom is 0.257 e. The van der Waals surface area contributed by atoms with Crippen LogP contribution in [-0.4, -0.2) is 41.2 Å². The topological polar surface area (TPSA) is 108 Å². The van der Waals surface area contributed by atoms with Crippen LogP contribution in [0.25, 0.3) is 0 Å². The van der Waals surface area contributed by atoms with Crippen LogP contribution in [0.4, 0.5) is 0 Å². The van der Waals surface area contributed by atoms with Gasteiger partial charge in [-0.2, -0.15) is 0 Å². The number of nitrogens with one attached hydrogen (secondary N) is 1. The first kappa shape index (κ1) is 16.4. The van der Waals surface area contributed by atoms with Crippen molar-refractivity contribution in [1.82, 2.24) is 5.32 Å². The lowest BCUT2D eigenvalue weighted by Crippen LogP contribution is -2.30. The number of benzene rings is 1. The third-order valence-corrected chi connectivity index (χ3v) is 3.30. The average molecular weight is 302 g/mol. The monoisotopic (exact) mass is 302 g/mol. The molecule has 20 heavy (non-hydrogen) atoms. The highest BCUT2D eigenvalue weighted by Gasteiger charge is 2.07. The number of nitrogens with two attached hydrogens (primary N) is 1. The molecule has 0 heterocycles. The molecule has 0 fully saturated rings. The van der Waals surface area contributed by atoms with Gasteiger partial charge in [0, 0.05) is 20.3 Å². The third-order valence-electron chi connectivity index (χ3n) is 2.37. The lowest BCUT2D eigenvalue weighted by atomic mass is 10.3. The van der Waals surface area contributed by atoms with Crippen LogP contribution in [0, 0.1) is 0 Å². The van der Waals surface area contributed by atoms with Crippen LogP contribution in [0.3, 0.4) is 0 Å². The van der Waals surface area contributed by atoms with E-state index in [0.29, 0.717) is 18.9 Å². The van der Waals surface area contributed by atoms with Crippen LogP contribution in [0.2, 0.25) is 0 Å². The summed E-state index contributed by atoms with van der Waals surface area (Å²) in [6.07, 6.45) is 0.727. The molecule has 0 aromatic heterocycles. The van der Waals surface area contributed by atoms with Crippen molar-refractivity contribution in [2.24, 2.45) is 5.14 Å². The van der Waals surface area contributed by atoms with Gasteiger partial charge >= 0.3 is 0 Å². The first-order valence-electron chi connectivity index (χ1n) is 5.95. The van der Waals surface area contributed by atoms with Gasteiger partial charge < -0.3 is 14.8 Å². The standard InChI is InChI=1S/C12H18N2O5S/c1-18-8-2-7-14-12(15)9-19-10-3-5-11(6-4-10)20(13,16)17/h3-6H,2,7-9H2,1H3,(H,14,15)(H2,13,16,17). The fraction of sp³-hybridized carbons (Fsp3) is 0.417. The Labute approximate surface area is 118 Å². The number of methoxy groups -OCH3 is 1. The van der Waals surface area contributed by atoms with Crippen molar-refractivity contribution in [3.63, 3.8) is 0 Å². The second kappa shape index (κ2) is 7.83. The third kappa shape index (κ3) is 6.00. The SMILES string of the molecule is COCCCNC(=O)COc1ccc(S(N)(=O)=O)cc1. The van der Waals surface area contributed by atoms with Crippen molar-refractivity contribution >= 4 is 15.9 Å². The zero-order chi connectivity index (χ0) is 15.0. The van der Waals surface area contributed by atoms with Crippen LogP contribution in [0.1, 0.15) is 6.42 Å². The number of rotatable bonds is 8. The Morgan fingerprint density at radius 1 is 1.30 bits per heavy atom. The molecule has 1 aromatic rings. The van der Waals surface area contributed by atoms with Gasteiger partial charge in [0.2, 0.25) is 10.0 Å². The van der Waals surface area contributed by atoms with E-state index in [9.17, 15) is 13.2 Å². The van der Waals surface area contributed by atoms with E-state index in [0.717, 1.165) is 6.42 Å². The minimum Gasteiger partial charge on any atom is -0.484 e. The van der Waals surface area contributed by atoms with Gasteiger partial charge in [-0.3, -0.25) is 4.79 Å². The fourth-order valence-corrected chi connectivity index (χ4v) is 1.89. The van der Waals surface area contributed by atoms with Crippen molar-refractivity contribution < 1.29 is 22.7 Å². The molecule has 0 aliphatic carbocycles. The number of carbonyl (C=O) groups is 1. The van der Waals surface area contributed by atoms with E-state index >= 15 is 0 Å². The highest BCUT2D eigenvalue weighted by molar-refractivity contribution is 7.89. The number of carbonyl (C=O) groups excluding carboxylic acids is 1. The van der Waals surface area contributed by atoms with E-state index in [1.165, 1.54) is 24.3 Å². The molecule has 0 bridgehead atoms. The number of amides is 1. The van der Waals surface area contributed by atoms with Crippen LogP contribution < -0.4 is 15.2 Å². The minimum absolute atomic E-state index is 0.00568. The summed E-state index contributed by atoms with van der Waals surface area (Å²) in [5, 5.41) is 7.63. The van der Waals surface area contributed by atoms with E-state index < -0.39 is 10.0 Å². The van der Waals surface area contributed by atoms with Gasteiger partial charge in [0.25, 0.3) is 5.91 Å². The number of sulfonamides is 1. The molecule has 7 nitrogen and oxygen atoms in total. The maximum atomic E-state index is 11.4. The summed E-state index contributed by atoms with van der Waals surface area (Å²) < 4.78 is 32.2. The molecular weight excluding hydrogens is 284 g/mol. The van der Waals surface area contributed by atoms with Crippen molar-refractivity contribution in [2.75, 3.05) is 26.9 Å². The summed E-state index contributed by atoms with van der Waals surface area (Å²) in [7, 11) is -2.12. The molecule has 0 saturated carbocycles. The Kier molecular flexibility index (Phi) is 6.43. The van der Waals surface area contributed by atoms with Crippen LogP contribution in [0.15, 0.2) is 29.2 Å². The summed E-state index contributed by atoms with van der Waals surface area (Å²) in [5.74, 6) is 0.140. The van der Waals surface area contributed by atoms with Gasteiger partial charge in [0.15, 0.2) is 6.61 Å². The molecular formula is C12H18N2O5S. The number of ether oxygens (including phenoxy) is 2. The lowest BCUT2D eigenvalue weighted by Gasteiger charge is -2.07. The zero-order valence-corrected chi connectivity index (χ0v) is 12.0. The molecule has 1 rings (SSSR count). The molecule has 0 saturated heterocycles. The van der Waals surface area contributed by atoms with Crippen LogP contribution in [0.5, 0.6) is 5.75 Å². The highest BCUT2D eigenvalue weighted by Crippen LogP contribution is 2.14. The van der Waals surface area contributed by atoms with E-state index in [2.05, 4.69) is 5.32 Å². The van der Waals surface area contributed by atoms with Crippen molar-refractivity contribution in [1.29, 1.82) is 0 Å². The summed E-state index contributed by atoms with van der Waals surface area (Å²) in [4.78, 5) is 11.4.